The van der Waals surface area contributed by atoms with Crippen molar-refractivity contribution in [1.29, 1.82) is 0 Å². The molecule has 0 bridgehead atoms. The molecule has 106 valence electrons. The highest BCUT2D eigenvalue weighted by Gasteiger charge is 2.16. The lowest BCUT2D eigenvalue weighted by atomic mass is 9.97. The molecule has 2 rings (SSSR count). The number of benzene rings is 2. The zero-order valence-electron chi connectivity index (χ0n) is 23.9. The van der Waals surface area contributed by atoms with Crippen molar-refractivity contribution >= 4 is 0 Å². The molecule has 2 aromatic carbocycles. The third-order valence-electron chi connectivity index (χ3n) is 2.73. The second kappa shape index (κ2) is 7.22. The van der Waals surface area contributed by atoms with Crippen molar-refractivity contribution in [3.63, 3.8) is 0 Å². The highest BCUT2D eigenvalue weighted by molar-refractivity contribution is 5.35. The SMILES string of the molecule is [2H]c1c([2H])c([2H])c(C(OCC([2H])([2H])N(C([2H])([2H])[2H])C([2H])([2H])[2H])c2ccccc2C)c([2H])c1[2H]. The van der Waals surface area contributed by atoms with Gasteiger partial charge < -0.3 is 9.64 Å². The van der Waals surface area contributed by atoms with Crippen LogP contribution in [-0.4, -0.2) is 32.0 Å². The number of likely N-dealkylation sites (N-methyl/N-ethyl adjacent to an activating group) is 1. The summed E-state index contributed by atoms with van der Waals surface area (Å²) in [6, 6.07) is 3.53. The standard InChI is InChI=1S/C18H23NO/c1-15-9-7-8-12-17(15)18(20-14-13-19(2)3)16-10-5-4-6-11-16/h4-12,18H,13-14H2,1-3H3/i2D3,3D3,4D,5D,6D,10D,11D,13D2. The summed E-state index contributed by atoms with van der Waals surface area (Å²) in [6.45, 7) is -9.08. The number of hydrogen-bond acceptors (Lipinski definition) is 2. The Hall–Kier alpha value is -1.64. The Balaban J connectivity index is 2.64. The van der Waals surface area contributed by atoms with E-state index in [-0.39, 0.29) is 10.5 Å². The third-order valence-corrected chi connectivity index (χ3v) is 2.73. The summed E-state index contributed by atoms with van der Waals surface area (Å²) >= 11 is 0. The first-order valence-electron chi connectivity index (χ1n) is 12.5. The fourth-order valence-corrected chi connectivity index (χ4v) is 1.79. The Bertz CT molecular complexity index is 973. The minimum atomic E-state index is -3.33. The molecule has 0 saturated heterocycles. The van der Waals surface area contributed by atoms with Crippen LogP contribution in [0.5, 0.6) is 0 Å². The summed E-state index contributed by atoms with van der Waals surface area (Å²) in [5, 5.41) is 0. The average molecular weight is 282 g/mol. The van der Waals surface area contributed by atoms with Gasteiger partial charge in [-0.3, -0.25) is 0 Å². The van der Waals surface area contributed by atoms with E-state index >= 15 is 0 Å². The van der Waals surface area contributed by atoms with Gasteiger partial charge in [-0.15, -0.1) is 0 Å². The molecule has 0 spiro atoms. The molecule has 0 heterocycles. The zero-order chi connectivity index (χ0) is 25.5. The van der Waals surface area contributed by atoms with E-state index in [0.717, 1.165) is 0 Å². The van der Waals surface area contributed by atoms with Gasteiger partial charge in [0.25, 0.3) is 0 Å². The Kier molecular flexibility index (Phi) is 1.91. The first kappa shape index (κ1) is 5.28. The minimum absolute atomic E-state index is 0.260. The van der Waals surface area contributed by atoms with E-state index in [1.54, 1.807) is 31.2 Å². The molecule has 0 N–H and O–H groups in total. The smallest absolute Gasteiger partial charge is 0.108 e. The van der Waals surface area contributed by atoms with E-state index < -0.39 is 63.4 Å². The van der Waals surface area contributed by atoms with E-state index in [4.69, 9.17) is 22.6 Å². The maximum atomic E-state index is 8.27. The van der Waals surface area contributed by atoms with Gasteiger partial charge in [0.05, 0.1) is 13.5 Å². The molecule has 20 heavy (non-hydrogen) atoms. The van der Waals surface area contributed by atoms with E-state index in [2.05, 4.69) is 0 Å². The van der Waals surface area contributed by atoms with Crippen molar-refractivity contribution in [2.75, 3.05) is 27.1 Å². The Morgan fingerprint density at radius 3 is 2.70 bits per heavy atom. The lowest BCUT2D eigenvalue weighted by Crippen LogP contribution is -2.20. The molecule has 0 aliphatic rings. The van der Waals surface area contributed by atoms with E-state index in [1.807, 2.05) is 0 Å². The molecule has 0 aromatic heterocycles. The Morgan fingerprint density at radius 2 is 2.00 bits per heavy atom. The largest absolute Gasteiger partial charge is 0.367 e. The van der Waals surface area contributed by atoms with Crippen molar-refractivity contribution in [1.82, 2.24) is 4.90 Å². The van der Waals surface area contributed by atoms with Crippen molar-refractivity contribution in [2.24, 2.45) is 0 Å². The molecular weight excluding hydrogens is 246 g/mol. The molecule has 0 saturated carbocycles. The van der Waals surface area contributed by atoms with Crippen LogP contribution in [0, 0.1) is 6.92 Å². The summed E-state index contributed by atoms with van der Waals surface area (Å²) < 4.78 is 107. The molecule has 0 radical (unpaired) electrons. The van der Waals surface area contributed by atoms with Gasteiger partial charge in [-0.05, 0) is 37.6 Å². The lowest BCUT2D eigenvalue weighted by molar-refractivity contribution is 0.0683. The quantitative estimate of drug-likeness (QED) is 0.801. The maximum Gasteiger partial charge on any atom is 0.108 e. The second-order valence-electron chi connectivity index (χ2n) is 4.08. The monoisotopic (exact) mass is 282 g/mol. The van der Waals surface area contributed by atoms with Crippen molar-refractivity contribution < 1.29 is 22.6 Å². The van der Waals surface area contributed by atoms with Crippen LogP contribution in [0.15, 0.2) is 54.5 Å². The number of rotatable bonds is 6. The molecular formula is C18H23NO. The van der Waals surface area contributed by atoms with Crippen molar-refractivity contribution in [2.45, 2.75) is 13.0 Å². The first-order chi connectivity index (χ1) is 14.9. The van der Waals surface area contributed by atoms with Crippen LogP contribution in [-0.2, 0) is 4.74 Å². The minimum Gasteiger partial charge on any atom is -0.367 e. The molecule has 2 nitrogen and oxygen atoms in total. The van der Waals surface area contributed by atoms with Crippen LogP contribution in [0.1, 0.15) is 40.6 Å². The van der Waals surface area contributed by atoms with Crippen LogP contribution in [0.4, 0.5) is 0 Å². The van der Waals surface area contributed by atoms with E-state index in [9.17, 15) is 0 Å². The molecule has 2 heteroatoms. The van der Waals surface area contributed by atoms with Crippen molar-refractivity contribution in [3.8, 4) is 0 Å². The van der Waals surface area contributed by atoms with Gasteiger partial charge in [0, 0.05) is 17.5 Å². The van der Waals surface area contributed by atoms with E-state index in [1.165, 1.54) is 0 Å². The van der Waals surface area contributed by atoms with Crippen LogP contribution in [0.3, 0.4) is 0 Å². The zero-order valence-corrected chi connectivity index (χ0v) is 10.9. The van der Waals surface area contributed by atoms with E-state index in [0.29, 0.717) is 11.1 Å². The summed E-state index contributed by atoms with van der Waals surface area (Å²) in [5.41, 5.74) is 0.667. The first-order valence-corrected chi connectivity index (χ1v) is 5.95. The Labute approximate surface area is 140 Å². The predicted molar refractivity (Wildman–Crippen MR) is 84.0 cm³/mol. The lowest BCUT2D eigenvalue weighted by Gasteiger charge is -2.22. The molecule has 0 amide bonds. The molecule has 0 aliphatic carbocycles. The number of ether oxygens (including phenoxy) is 1. The van der Waals surface area contributed by atoms with Gasteiger partial charge in [0.15, 0.2) is 0 Å². The highest BCUT2D eigenvalue weighted by atomic mass is 16.5. The fraction of sp³-hybridized carbons (Fsp3) is 0.333. The summed E-state index contributed by atoms with van der Waals surface area (Å²) in [6.07, 6.45) is -1.40. The van der Waals surface area contributed by atoms with Crippen LogP contribution in [0.25, 0.3) is 0 Å². The number of hydrogen-bond donors (Lipinski definition) is 0. The average Bonchev–Trinajstić information content (AvgIpc) is 2.65. The van der Waals surface area contributed by atoms with Crippen LogP contribution < -0.4 is 0 Å². The maximum absolute atomic E-state index is 8.27. The molecule has 1 unspecified atom stereocenters. The normalized spacial score (nSPS) is 24.0. The third kappa shape index (κ3) is 3.92. The van der Waals surface area contributed by atoms with Crippen LogP contribution >= 0.6 is 0 Å². The van der Waals surface area contributed by atoms with Crippen molar-refractivity contribution in [3.05, 3.63) is 71.2 Å². The van der Waals surface area contributed by atoms with Gasteiger partial charge in [-0.2, -0.15) is 0 Å². The number of nitrogens with zero attached hydrogens (tertiary/aromatic N) is 1. The van der Waals surface area contributed by atoms with Crippen LogP contribution in [0.2, 0.25) is 0 Å². The topological polar surface area (TPSA) is 12.5 Å². The fourth-order valence-electron chi connectivity index (χ4n) is 1.79. The van der Waals surface area contributed by atoms with Gasteiger partial charge in [0.1, 0.15) is 6.10 Å². The van der Waals surface area contributed by atoms with Gasteiger partial charge >= 0.3 is 0 Å². The number of aryl methyl sites for hydroxylation is 1. The summed E-state index contributed by atoms with van der Waals surface area (Å²) in [5.74, 6) is 0. The van der Waals surface area contributed by atoms with Gasteiger partial charge in [-0.1, -0.05) is 54.5 Å². The molecule has 0 fully saturated rings. The van der Waals surface area contributed by atoms with Gasteiger partial charge in [-0.25, -0.2) is 0 Å². The summed E-state index contributed by atoms with van der Waals surface area (Å²) in [4.78, 5) is -0.260. The van der Waals surface area contributed by atoms with Gasteiger partial charge in [0.2, 0.25) is 0 Å². The molecule has 0 aliphatic heterocycles. The molecule has 2 aromatic rings. The Morgan fingerprint density at radius 1 is 1.25 bits per heavy atom. The molecule has 1 atom stereocenters. The highest BCUT2D eigenvalue weighted by Crippen LogP contribution is 2.28. The summed E-state index contributed by atoms with van der Waals surface area (Å²) in [7, 11) is 0. The second-order valence-corrected chi connectivity index (χ2v) is 4.08. The predicted octanol–water partition coefficient (Wildman–Crippen LogP) is 3.66.